The van der Waals surface area contributed by atoms with Crippen molar-refractivity contribution >= 4 is 17.2 Å². The van der Waals surface area contributed by atoms with Gasteiger partial charge in [0.1, 0.15) is 0 Å². The van der Waals surface area contributed by atoms with Gasteiger partial charge in [-0.1, -0.05) is 30.3 Å². The summed E-state index contributed by atoms with van der Waals surface area (Å²) in [5.74, 6) is 0.567. The van der Waals surface area contributed by atoms with Crippen LogP contribution in [0.5, 0.6) is 0 Å². The molecule has 3 rings (SSSR count). The summed E-state index contributed by atoms with van der Waals surface area (Å²) in [7, 11) is 0. The molecule has 4 heteroatoms. The van der Waals surface area contributed by atoms with E-state index in [2.05, 4.69) is 12.1 Å². The molecule has 3 nitrogen and oxygen atoms in total. The first-order valence-electron chi connectivity index (χ1n) is 7.84. The molecular formula is C18H22N2OS. The van der Waals surface area contributed by atoms with Crippen LogP contribution >= 0.6 is 11.3 Å². The molecule has 2 aromatic rings. The summed E-state index contributed by atoms with van der Waals surface area (Å²) in [6.07, 6.45) is 2.17. The van der Waals surface area contributed by atoms with Crippen LogP contribution < -0.4 is 5.73 Å². The minimum absolute atomic E-state index is 0.146. The van der Waals surface area contributed by atoms with Crippen molar-refractivity contribution in [2.75, 3.05) is 13.1 Å². The molecule has 0 spiro atoms. The van der Waals surface area contributed by atoms with Crippen molar-refractivity contribution in [3.63, 3.8) is 0 Å². The number of hydrogen-bond acceptors (Lipinski definition) is 3. The number of nitrogens with zero attached hydrogens (tertiary/aromatic N) is 1. The number of piperidine rings is 1. The third-order valence-electron chi connectivity index (χ3n) is 4.43. The zero-order valence-corrected chi connectivity index (χ0v) is 13.7. The summed E-state index contributed by atoms with van der Waals surface area (Å²) < 4.78 is 0. The van der Waals surface area contributed by atoms with Gasteiger partial charge in [0.25, 0.3) is 5.91 Å². The maximum Gasteiger partial charge on any atom is 0.264 e. The fourth-order valence-electron chi connectivity index (χ4n) is 3.09. The Balaban J connectivity index is 1.83. The van der Waals surface area contributed by atoms with Gasteiger partial charge in [0.05, 0.1) is 4.88 Å². The molecule has 0 radical (unpaired) electrons. The van der Waals surface area contributed by atoms with Gasteiger partial charge in [-0.05, 0) is 42.7 Å². The number of nitrogens with two attached hydrogens (primary N) is 1. The highest BCUT2D eigenvalue weighted by Gasteiger charge is 2.28. The topological polar surface area (TPSA) is 46.3 Å². The van der Waals surface area contributed by atoms with Crippen molar-refractivity contribution in [1.82, 2.24) is 4.90 Å². The Hall–Kier alpha value is -1.65. The summed E-state index contributed by atoms with van der Waals surface area (Å²) in [5, 5.41) is 2.00. The van der Waals surface area contributed by atoms with E-state index in [-0.39, 0.29) is 11.9 Å². The molecule has 2 atom stereocenters. The van der Waals surface area contributed by atoms with Gasteiger partial charge in [-0.25, -0.2) is 0 Å². The van der Waals surface area contributed by atoms with Crippen LogP contribution in [0.3, 0.4) is 0 Å². The lowest BCUT2D eigenvalue weighted by Gasteiger charge is -2.34. The number of rotatable bonds is 3. The van der Waals surface area contributed by atoms with Gasteiger partial charge in [-0.15, -0.1) is 11.3 Å². The van der Waals surface area contributed by atoms with Crippen LogP contribution in [0.1, 0.15) is 29.4 Å². The van der Waals surface area contributed by atoms with Gasteiger partial charge in [-0.3, -0.25) is 4.79 Å². The molecular weight excluding hydrogens is 292 g/mol. The van der Waals surface area contributed by atoms with Crippen molar-refractivity contribution < 1.29 is 4.79 Å². The van der Waals surface area contributed by atoms with E-state index >= 15 is 0 Å². The van der Waals surface area contributed by atoms with Crippen molar-refractivity contribution in [2.24, 2.45) is 11.7 Å². The van der Waals surface area contributed by atoms with E-state index in [9.17, 15) is 4.79 Å². The van der Waals surface area contributed by atoms with Gasteiger partial charge in [0, 0.05) is 24.7 Å². The molecule has 2 unspecified atom stereocenters. The van der Waals surface area contributed by atoms with E-state index in [0.29, 0.717) is 5.92 Å². The zero-order chi connectivity index (χ0) is 15.5. The van der Waals surface area contributed by atoms with Crippen LogP contribution in [-0.4, -0.2) is 29.9 Å². The predicted octanol–water partition coefficient (Wildman–Crippen LogP) is 3.61. The second-order valence-electron chi connectivity index (χ2n) is 6.04. The standard InChI is InChI=1S/C18H22N2OS/c1-13(19)15-8-5-10-20(12-15)18(21)17-16(9-11-22-17)14-6-3-2-4-7-14/h2-4,6-7,9,11,13,15H,5,8,10,12,19H2,1H3. The molecule has 116 valence electrons. The van der Waals surface area contributed by atoms with E-state index in [1.165, 1.54) is 11.3 Å². The first kappa shape index (κ1) is 15.3. The van der Waals surface area contributed by atoms with Gasteiger partial charge in [0.15, 0.2) is 0 Å². The largest absolute Gasteiger partial charge is 0.338 e. The second kappa shape index (κ2) is 6.63. The van der Waals surface area contributed by atoms with Crippen molar-refractivity contribution in [1.29, 1.82) is 0 Å². The van der Waals surface area contributed by atoms with Gasteiger partial charge in [-0.2, -0.15) is 0 Å². The molecule has 2 heterocycles. The Kier molecular flexibility index (Phi) is 4.60. The highest BCUT2D eigenvalue weighted by atomic mass is 32.1. The van der Waals surface area contributed by atoms with Crippen LogP contribution in [-0.2, 0) is 0 Å². The number of benzene rings is 1. The van der Waals surface area contributed by atoms with Crippen molar-refractivity contribution in [3.05, 3.63) is 46.7 Å². The Labute approximate surface area is 135 Å². The monoisotopic (exact) mass is 314 g/mol. The molecule has 1 fully saturated rings. The van der Waals surface area contributed by atoms with Crippen molar-refractivity contribution in [2.45, 2.75) is 25.8 Å². The molecule has 1 aromatic heterocycles. The number of amides is 1. The molecule has 0 aliphatic carbocycles. The number of likely N-dealkylation sites (tertiary alicyclic amines) is 1. The smallest absolute Gasteiger partial charge is 0.264 e. The Morgan fingerprint density at radius 3 is 2.82 bits per heavy atom. The van der Waals surface area contributed by atoms with Crippen LogP contribution in [0.25, 0.3) is 11.1 Å². The fourth-order valence-corrected chi connectivity index (χ4v) is 3.97. The summed E-state index contributed by atoms with van der Waals surface area (Å²) in [6, 6.07) is 12.3. The first-order chi connectivity index (χ1) is 10.7. The van der Waals surface area contributed by atoms with E-state index in [0.717, 1.165) is 41.9 Å². The SMILES string of the molecule is CC(N)C1CCCN(C(=O)c2sccc2-c2ccccc2)C1. The Bertz CT molecular complexity index is 636. The fraction of sp³-hybridized carbons (Fsp3) is 0.389. The van der Waals surface area contributed by atoms with Gasteiger partial charge >= 0.3 is 0 Å². The minimum Gasteiger partial charge on any atom is -0.338 e. The maximum atomic E-state index is 12.9. The van der Waals surface area contributed by atoms with E-state index in [1.54, 1.807) is 0 Å². The summed E-state index contributed by atoms with van der Waals surface area (Å²) >= 11 is 1.53. The lowest BCUT2D eigenvalue weighted by Crippen LogP contribution is -2.44. The molecule has 1 aliphatic heterocycles. The average molecular weight is 314 g/mol. The van der Waals surface area contributed by atoms with E-state index < -0.39 is 0 Å². The number of thiophene rings is 1. The lowest BCUT2D eigenvalue weighted by atomic mass is 9.92. The molecule has 22 heavy (non-hydrogen) atoms. The predicted molar refractivity (Wildman–Crippen MR) is 92.0 cm³/mol. The number of hydrogen-bond donors (Lipinski definition) is 1. The summed E-state index contributed by atoms with van der Waals surface area (Å²) in [4.78, 5) is 15.7. The quantitative estimate of drug-likeness (QED) is 0.940. The highest BCUT2D eigenvalue weighted by Crippen LogP contribution is 2.30. The van der Waals surface area contributed by atoms with Crippen LogP contribution in [0.2, 0.25) is 0 Å². The van der Waals surface area contributed by atoms with E-state index in [1.807, 2.05) is 41.5 Å². The number of carbonyl (C=O) groups excluding carboxylic acids is 1. The zero-order valence-electron chi connectivity index (χ0n) is 12.9. The van der Waals surface area contributed by atoms with E-state index in [4.69, 9.17) is 5.73 Å². The molecule has 1 amide bonds. The van der Waals surface area contributed by atoms with Crippen LogP contribution in [0.15, 0.2) is 41.8 Å². The molecule has 0 bridgehead atoms. The molecule has 1 saturated heterocycles. The number of carbonyl (C=O) groups is 1. The van der Waals surface area contributed by atoms with Gasteiger partial charge < -0.3 is 10.6 Å². The second-order valence-corrected chi connectivity index (χ2v) is 6.96. The third-order valence-corrected chi connectivity index (χ3v) is 5.34. The minimum atomic E-state index is 0.146. The summed E-state index contributed by atoms with van der Waals surface area (Å²) in [6.45, 7) is 3.66. The Morgan fingerprint density at radius 1 is 1.32 bits per heavy atom. The molecule has 1 aromatic carbocycles. The summed E-state index contributed by atoms with van der Waals surface area (Å²) in [5.41, 5.74) is 8.18. The third kappa shape index (κ3) is 3.08. The molecule has 0 saturated carbocycles. The average Bonchev–Trinajstić information content (AvgIpc) is 3.04. The highest BCUT2D eigenvalue weighted by molar-refractivity contribution is 7.12. The van der Waals surface area contributed by atoms with Crippen LogP contribution in [0, 0.1) is 5.92 Å². The molecule has 1 aliphatic rings. The normalized spacial score (nSPS) is 19.9. The molecule has 2 N–H and O–H groups in total. The maximum absolute atomic E-state index is 12.9. The lowest BCUT2D eigenvalue weighted by molar-refractivity contribution is 0.0666. The first-order valence-corrected chi connectivity index (χ1v) is 8.72. The van der Waals surface area contributed by atoms with Crippen LogP contribution in [0.4, 0.5) is 0 Å². The Morgan fingerprint density at radius 2 is 2.09 bits per heavy atom. The van der Waals surface area contributed by atoms with Crippen molar-refractivity contribution in [3.8, 4) is 11.1 Å². The van der Waals surface area contributed by atoms with Gasteiger partial charge in [0.2, 0.25) is 0 Å².